The van der Waals surface area contributed by atoms with Crippen LogP contribution in [-0.2, 0) is 9.47 Å². The number of rotatable bonds is 6. The standard InChI is InChI=1S/C18H33NO2/c1-2-6-17(7-3-1)21-18-10-8-16(9-11-18)20-15-14-19-12-4-5-13-19/h16-18H,1-15H2. The summed E-state index contributed by atoms with van der Waals surface area (Å²) in [6.45, 7) is 4.63. The Morgan fingerprint density at radius 2 is 1.29 bits per heavy atom. The van der Waals surface area contributed by atoms with Crippen molar-refractivity contribution in [3.63, 3.8) is 0 Å². The number of hydrogen-bond acceptors (Lipinski definition) is 3. The van der Waals surface area contributed by atoms with Crippen molar-refractivity contribution in [2.75, 3.05) is 26.2 Å². The Labute approximate surface area is 130 Å². The molecule has 0 spiro atoms. The molecular weight excluding hydrogens is 262 g/mol. The van der Waals surface area contributed by atoms with Gasteiger partial charge in [0.15, 0.2) is 0 Å². The zero-order chi connectivity index (χ0) is 14.3. The first-order valence-corrected chi connectivity index (χ1v) is 9.39. The Morgan fingerprint density at radius 3 is 2.00 bits per heavy atom. The highest BCUT2D eigenvalue weighted by molar-refractivity contribution is 4.76. The first-order chi connectivity index (χ1) is 10.4. The lowest BCUT2D eigenvalue weighted by Gasteiger charge is -2.33. The maximum absolute atomic E-state index is 6.30. The smallest absolute Gasteiger partial charge is 0.0597 e. The molecule has 0 aromatic heterocycles. The van der Waals surface area contributed by atoms with E-state index in [0.29, 0.717) is 18.3 Å². The van der Waals surface area contributed by atoms with Gasteiger partial charge in [0.25, 0.3) is 0 Å². The van der Waals surface area contributed by atoms with Gasteiger partial charge in [0.2, 0.25) is 0 Å². The fourth-order valence-corrected chi connectivity index (χ4v) is 4.16. The van der Waals surface area contributed by atoms with E-state index in [1.165, 1.54) is 83.7 Å². The summed E-state index contributed by atoms with van der Waals surface area (Å²) < 4.78 is 12.4. The van der Waals surface area contributed by atoms with E-state index in [0.717, 1.165) is 13.2 Å². The normalized spacial score (nSPS) is 32.6. The van der Waals surface area contributed by atoms with Crippen molar-refractivity contribution in [3.05, 3.63) is 0 Å². The Balaban J connectivity index is 1.26. The Bertz CT molecular complexity index is 277. The van der Waals surface area contributed by atoms with Crippen molar-refractivity contribution in [2.45, 2.75) is 88.9 Å². The van der Waals surface area contributed by atoms with Crippen LogP contribution in [0.25, 0.3) is 0 Å². The molecule has 0 bridgehead atoms. The van der Waals surface area contributed by atoms with Crippen LogP contribution in [0, 0.1) is 0 Å². The third-order valence-electron chi connectivity index (χ3n) is 5.52. The van der Waals surface area contributed by atoms with Gasteiger partial charge in [-0.2, -0.15) is 0 Å². The Kier molecular flexibility index (Phi) is 6.38. The fraction of sp³-hybridized carbons (Fsp3) is 1.00. The second kappa shape index (κ2) is 8.50. The molecule has 122 valence electrons. The third-order valence-corrected chi connectivity index (χ3v) is 5.52. The van der Waals surface area contributed by atoms with Crippen molar-refractivity contribution in [2.24, 2.45) is 0 Å². The monoisotopic (exact) mass is 295 g/mol. The molecule has 21 heavy (non-hydrogen) atoms. The maximum Gasteiger partial charge on any atom is 0.0597 e. The van der Waals surface area contributed by atoms with E-state index in [-0.39, 0.29) is 0 Å². The molecule has 0 radical (unpaired) electrons. The van der Waals surface area contributed by atoms with Crippen LogP contribution >= 0.6 is 0 Å². The summed E-state index contributed by atoms with van der Waals surface area (Å²) in [6, 6.07) is 0. The van der Waals surface area contributed by atoms with Crippen LogP contribution in [-0.4, -0.2) is 49.5 Å². The van der Waals surface area contributed by atoms with E-state index >= 15 is 0 Å². The molecule has 3 heteroatoms. The van der Waals surface area contributed by atoms with E-state index in [9.17, 15) is 0 Å². The van der Waals surface area contributed by atoms with Gasteiger partial charge in [-0.15, -0.1) is 0 Å². The molecule has 3 fully saturated rings. The minimum Gasteiger partial charge on any atom is -0.377 e. The lowest BCUT2D eigenvalue weighted by molar-refractivity contribution is -0.0726. The predicted octanol–water partition coefficient (Wildman–Crippen LogP) is 3.76. The predicted molar refractivity (Wildman–Crippen MR) is 85.6 cm³/mol. The third kappa shape index (κ3) is 5.22. The zero-order valence-electron chi connectivity index (χ0n) is 13.6. The van der Waals surface area contributed by atoms with Gasteiger partial charge in [0.05, 0.1) is 24.9 Å². The molecule has 0 aromatic rings. The van der Waals surface area contributed by atoms with E-state index in [1.54, 1.807) is 0 Å². The minimum atomic E-state index is 0.499. The molecule has 1 saturated heterocycles. The quantitative estimate of drug-likeness (QED) is 0.745. The summed E-state index contributed by atoms with van der Waals surface area (Å²) in [4.78, 5) is 2.54. The first kappa shape index (κ1) is 15.8. The summed E-state index contributed by atoms with van der Waals surface area (Å²) in [7, 11) is 0. The summed E-state index contributed by atoms with van der Waals surface area (Å²) in [5.41, 5.74) is 0. The van der Waals surface area contributed by atoms with Gasteiger partial charge < -0.3 is 14.4 Å². The molecule has 2 saturated carbocycles. The highest BCUT2D eigenvalue weighted by Crippen LogP contribution is 2.28. The molecule has 3 rings (SSSR count). The van der Waals surface area contributed by atoms with Gasteiger partial charge in [-0.1, -0.05) is 19.3 Å². The SMILES string of the molecule is C1CCC(OC2CCC(OCCN3CCCC3)CC2)CC1. The number of nitrogens with zero attached hydrogens (tertiary/aromatic N) is 1. The minimum absolute atomic E-state index is 0.499. The summed E-state index contributed by atoms with van der Waals surface area (Å²) in [5, 5.41) is 0. The molecule has 2 aliphatic carbocycles. The molecule has 0 N–H and O–H groups in total. The van der Waals surface area contributed by atoms with Gasteiger partial charge >= 0.3 is 0 Å². The van der Waals surface area contributed by atoms with Gasteiger partial charge in [-0.25, -0.2) is 0 Å². The van der Waals surface area contributed by atoms with Gasteiger partial charge in [-0.3, -0.25) is 0 Å². The van der Waals surface area contributed by atoms with Crippen LogP contribution in [0.15, 0.2) is 0 Å². The highest BCUT2D eigenvalue weighted by atomic mass is 16.5. The van der Waals surface area contributed by atoms with Crippen molar-refractivity contribution in [1.29, 1.82) is 0 Å². The second-order valence-corrected chi connectivity index (χ2v) is 7.21. The lowest BCUT2D eigenvalue weighted by Crippen LogP contribution is -2.32. The molecule has 0 aromatic carbocycles. The van der Waals surface area contributed by atoms with Crippen molar-refractivity contribution in [1.82, 2.24) is 4.90 Å². The number of hydrogen-bond donors (Lipinski definition) is 0. The summed E-state index contributed by atoms with van der Waals surface area (Å²) in [5.74, 6) is 0. The molecule has 0 atom stereocenters. The summed E-state index contributed by atoms with van der Waals surface area (Å²) >= 11 is 0. The topological polar surface area (TPSA) is 21.7 Å². The second-order valence-electron chi connectivity index (χ2n) is 7.21. The van der Waals surface area contributed by atoms with E-state index in [2.05, 4.69) is 4.90 Å². The van der Waals surface area contributed by atoms with Crippen molar-refractivity contribution < 1.29 is 9.47 Å². The van der Waals surface area contributed by atoms with Gasteiger partial charge in [0.1, 0.15) is 0 Å². The van der Waals surface area contributed by atoms with Crippen LogP contribution < -0.4 is 0 Å². The Morgan fingerprint density at radius 1 is 0.667 bits per heavy atom. The molecule has 1 heterocycles. The van der Waals surface area contributed by atoms with Gasteiger partial charge in [-0.05, 0) is 64.5 Å². The number of ether oxygens (including phenoxy) is 2. The molecule has 3 aliphatic rings. The van der Waals surface area contributed by atoms with Crippen LogP contribution in [0.1, 0.15) is 70.6 Å². The molecular formula is C18H33NO2. The maximum atomic E-state index is 6.30. The summed E-state index contributed by atoms with van der Waals surface area (Å²) in [6.07, 6.45) is 15.9. The molecule has 1 aliphatic heterocycles. The largest absolute Gasteiger partial charge is 0.377 e. The van der Waals surface area contributed by atoms with Crippen molar-refractivity contribution >= 4 is 0 Å². The van der Waals surface area contributed by atoms with E-state index in [4.69, 9.17) is 9.47 Å². The zero-order valence-corrected chi connectivity index (χ0v) is 13.6. The van der Waals surface area contributed by atoms with Gasteiger partial charge in [0, 0.05) is 6.54 Å². The average Bonchev–Trinajstić information content (AvgIpc) is 3.03. The van der Waals surface area contributed by atoms with E-state index < -0.39 is 0 Å². The first-order valence-electron chi connectivity index (χ1n) is 9.39. The van der Waals surface area contributed by atoms with Crippen LogP contribution in [0.4, 0.5) is 0 Å². The molecule has 0 unspecified atom stereocenters. The lowest BCUT2D eigenvalue weighted by atomic mass is 9.93. The van der Waals surface area contributed by atoms with Crippen LogP contribution in [0.2, 0.25) is 0 Å². The van der Waals surface area contributed by atoms with Crippen LogP contribution in [0.3, 0.4) is 0 Å². The highest BCUT2D eigenvalue weighted by Gasteiger charge is 2.25. The Hall–Kier alpha value is -0.120. The van der Waals surface area contributed by atoms with Crippen molar-refractivity contribution in [3.8, 4) is 0 Å². The average molecular weight is 295 g/mol. The number of likely N-dealkylation sites (tertiary alicyclic amines) is 1. The fourth-order valence-electron chi connectivity index (χ4n) is 4.16. The molecule has 3 nitrogen and oxygen atoms in total. The molecule has 0 amide bonds. The van der Waals surface area contributed by atoms with Crippen LogP contribution in [0.5, 0.6) is 0 Å². The van der Waals surface area contributed by atoms with E-state index in [1.807, 2.05) is 0 Å².